The SMILES string of the molecule is CN1NCC2=C1c1cc(Cl)ccc1S(=O)C2. The third-order valence-corrected chi connectivity index (χ3v) is 4.64. The van der Waals surface area contributed by atoms with E-state index in [0.29, 0.717) is 10.8 Å². The number of hydrogen-bond donors (Lipinski definition) is 1. The van der Waals surface area contributed by atoms with E-state index in [9.17, 15) is 4.21 Å². The van der Waals surface area contributed by atoms with Crippen molar-refractivity contribution in [2.75, 3.05) is 19.3 Å². The first kappa shape index (κ1) is 10.3. The van der Waals surface area contributed by atoms with E-state index in [1.807, 2.05) is 24.2 Å². The molecule has 1 N–H and O–H groups in total. The minimum Gasteiger partial charge on any atom is -0.311 e. The van der Waals surface area contributed by atoms with E-state index in [2.05, 4.69) is 5.43 Å². The molecule has 0 spiro atoms. The quantitative estimate of drug-likeness (QED) is 0.764. The topological polar surface area (TPSA) is 32.3 Å². The highest BCUT2D eigenvalue weighted by Crippen LogP contribution is 2.36. The lowest BCUT2D eigenvalue weighted by Crippen LogP contribution is -2.26. The summed E-state index contributed by atoms with van der Waals surface area (Å²) in [5.74, 6) is 0.626. The monoisotopic (exact) mass is 254 g/mol. The Bertz CT molecular complexity index is 527. The van der Waals surface area contributed by atoms with Crippen LogP contribution in [0.2, 0.25) is 5.02 Å². The van der Waals surface area contributed by atoms with E-state index in [1.54, 1.807) is 6.07 Å². The Labute approximate surface area is 102 Å². The maximum atomic E-state index is 12.0. The Balaban J connectivity index is 2.25. The molecule has 1 aromatic rings. The summed E-state index contributed by atoms with van der Waals surface area (Å²) in [7, 11) is 1.04. The van der Waals surface area contributed by atoms with Crippen LogP contribution in [0.1, 0.15) is 5.56 Å². The summed E-state index contributed by atoms with van der Waals surface area (Å²) in [6.45, 7) is 0.781. The molecular weight excluding hydrogens is 244 g/mol. The second-order valence-electron chi connectivity index (χ2n) is 3.98. The second kappa shape index (κ2) is 3.58. The van der Waals surface area contributed by atoms with Crippen LogP contribution < -0.4 is 5.43 Å². The van der Waals surface area contributed by atoms with Gasteiger partial charge < -0.3 is 5.01 Å². The predicted molar refractivity (Wildman–Crippen MR) is 65.4 cm³/mol. The lowest BCUT2D eigenvalue weighted by atomic mass is 10.1. The van der Waals surface area contributed by atoms with Gasteiger partial charge in [-0.1, -0.05) is 11.6 Å². The molecule has 3 nitrogen and oxygen atoms in total. The van der Waals surface area contributed by atoms with Gasteiger partial charge in [0.2, 0.25) is 0 Å². The predicted octanol–water partition coefficient (Wildman–Crippen LogP) is 1.62. The number of halogens is 1. The van der Waals surface area contributed by atoms with Gasteiger partial charge in [0.05, 0.1) is 22.2 Å². The summed E-state index contributed by atoms with van der Waals surface area (Å²) in [4.78, 5) is 0.888. The van der Waals surface area contributed by atoms with Crippen LogP contribution in [-0.4, -0.2) is 28.6 Å². The Kier molecular flexibility index (Phi) is 2.31. The molecule has 5 heteroatoms. The molecule has 2 aliphatic heterocycles. The Morgan fingerprint density at radius 3 is 3.12 bits per heavy atom. The van der Waals surface area contributed by atoms with Crippen LogP contribution in [0, 0.1) is 0 Å². The number of nitrogens with one attached hydrogen (secondary N) is 1. The highest BCUT2D eigenvalue weighted by molar-refractivity contribution is 7.85. The summed E-state index contributed by atoms with van der Waals surface area (Å²) >= 11 is 6.00. The molecule has 0 aliphatic carbocycles. The van der Waals surface area contributed by atoms with Crippen molar-refractivity contribution >= 4 is 28.1 Å². The van der Waals surface area contributed by atoms with Gasteiger partial charge in [-0.05, 0) is 23.8 Å². The van der Waals surface area contributed by atoms with Gasteiger partial charge in [0, 0.05) is 29.1 Å². The average Bonchev–Trinajstić information content (AvgIpc) is 2.60. The standard InChI is InChI=1S/C11H11ClN2OS/c1-14-11-7(5-13-14)6-16(15)10-3-2-8(12)4-9(10)11/h2-4,13H,5-6H2,1H3. The molecule has 84 valence electrons. The van der Waals surface area contributed by atoms with Crippen LogP contribution >= 0.6 is 11.6 Å². The van der Waals surface area contributed by atoms with Gasteiger partial charge in [0.15, 0.2) is 0 Å². The number of benzene rings is 1. The average molecular weight is 255 g/mol. The number of fused-ring (bicyclic) bond motifs is 2. The van der Waals surface area contributed by atoms with Gasteiger partial charge in [-0.2, -0.15) is 0 Å². The van der Waals surface area contributed by atoms with Crippen molar-refractivity contribution in [1.82, 2.24) is 10.4 Å². The van der Waals surface area contributed by atoms with Crippen molar-refractivity contribution in [1.29, 1.82) is 0 Å². The second-order valence-corrected chi connectivity index (χ2v) is 5.83. The molecule has 1 atom stereocenters. The van der Waals surface area contributed by atoms with Crippen molar-refractivity contribution in [2.24, 2.45) is 0 Å². The molecular formula is C11H11ClN2OS. The first-order chi connectivity index (χ1) is 7.66. The molecule has 0 saturated carbocycles. The highest BCUT2D eigenvalue weighted by Gasteiger charge is 2.30. The molecule has 2 aliphatic rings. The number of nitrogens with zero attached hydrogens (tertiary/aromatic N) is 1. The first-order valence-electron chi connectivity index (χ1n) is 5.04. The zero-order valence-corrected chi connectivity index (χ0v) is 10.4. The lowest BCUT2D eigenvalue weighted by molar-refractivity contribution is 0.391. The lowest BCUT2D eigenvalue weighted by Gasteiger charge is -2.22. The van der Waals surface area contributed by atoms with Crippen LogP contribution in [0.25, 0.3) is 5.70 Å². The molecule has 2 heterocycles. The van der Waals surface area contributed by atoms with Crippen molar-refractivity contribution < 1.29 is 4.21 Å². The molecule has 0 radical (unpaired) electrons. The molecule has 3 rings (SSSR count). The number of hydrazine groups is 1. The van der Waals surface area contributed by atoms with Crippen molar-refractivity contribution in [3.63, 3.8) is 0 Å². The van der Waals surface area contributed by atoms with E-state index in [-0.39, 0.29) is 0 Å². The fourth-order valence-electron chi connectivity index (χ4n) is 2.23. The van der Waals surface area contributed by atoms with Crippen LogP contribution in [0.15, 0.2) is 28.7 Å². The molecule has 0 fully saturated rings. The van der Waals surface area contributed by atoms with E-state index in [0.717, 1.165) is 22.7 Å². The number of rotatable bonds is 0. The van der Waals surface area contributed by atoms with Gasteiger partial charge >= 0.3 is 0 Å². The van der Waals surface area contributed by atoms with Crippen molar-refractivity contribution in [3.05, 3.63) is 34.4 Å². The fourth-order valence-corrected chi connectivity index (χ4v) is 3.73. The smallest absolute Gasteiger partial charge is 0.0616 e. The fraction of sp³-hybridized carbons (Fsp3) is 0.273. The third-order valence-electron chi connectivity index (χ3n) is 2.95. The molecule has 1 aromatic carbocycles. The van der Waals surface area contributed by atoms with Crippen LogP contribution in [0.3, 0.4) is 0 Å². The molecule has 0 bridgehead atoms. The summed E-state index contributed by atoms with van der Waals surface area (Å²) in [6.07, 6.45) is 0. The van der Waals surface area contributed by atoms with E-state index >= 15 is 0 Å². The summed E-state index contributed by atoms with van der Waals surface area (Å²) in [6, 6.07) is 5.56. The van der Waals surface area contributed by atoms with Gasteiger partial charge in [-0.25, -0.2) is 5.43 Å². The highest BCUT2D eigenvalue weighted by atomic mass is 35.5. The first-order valence-corrected chi connectivity index (χ1v) is 6.74. The van der Waals surface area contributed by atoms with Gasteiger partial charge in [-0.3, -0.25) is 4.21 Å². The van der Waals surface area contributed by atoms with Crippen molar-refractivity contribution in [2.45, 2.75) is 4.90 Å². The van der Waals surface area contributed by atoms with Crippen LogP contribution in [-0.2, 0) is 10.8 Å². The van der Waals surface area contributed by atoms with Crippen LogP contribution in [0.5, 0.6) is 0 Å². The van der Waals surface area contributed by atoms with Crippen LogP contribution in [0.4, 0.5) is 0 Å². The molecule has 0 amide bonds. The normalized spacial score (nSPS) is 23.4. The Morgan fingerprint density at radius 2 is 2.31 bits per heavy atom. The zero-order chi connectivity index (χ0) is 11.3. The molecule has 16 heavy (non-hydrogen) atoms. The van der Waals surface area contributed by atoms with Gasteiger partial charge in [0.25, 0.3) is 0 Å². The summed E-state index contributed by atoms with van der Waals surface area (Å²) in [5, 5.41) is 2.67. The largest absolute Gasteiger partial charge is 0.311 e. The Hall–Kier alpha value is -0.840. The van der Waals surface area contributed by atoms with Gasteiger partial charge in [0.1, 0.15) is 0 Å². The summed E-state index contributed by atoms with van der Waals surface area (Å²) in [5.41, 5.74) is 6.56. The van der Waals surface area contributed by atoms with E-state index < -0.39 is 10.8 Å². The summed E-state index contributed by atoms with van der Waals surface area (Å²) < 4.78 is 12.0. The van der Waals surface area contributed by atoms with Gasteiger partial charge in [-0.15, -0.1) is 0 Å². The van der Waals surface area contributed by atoms with Crippen molar-refractivity contribution in [3.8, 4) is 0 Å². The molecule has 0 aromatic heterocycles. The van der Waals surface area contributed by atoms with E-state index in [1.165, 1.54) is 5.57 Å². The number of hydrogen-bond acceptors (Lipinski definition) is 3. The molecule has 1 unspecified atom stereocenters. The maximum absolute atomic E-state index is 12.0. The Morgan fingerprint density at radius 1 is 1.50 bits per heavy atom. The van der Waals surface area contributed by atoms with E-state index in [4.69, 9.17) is 11.6 Å². The zero-order valence-electron chi connectivity index (χ0n) is 8.79. The molecule has 0 saturated heterocycles. The maximum Gasteiger partial charge on any atom is 0.0616 e. The third kappa shape index (κ3) is 1.41. The minimum atomic E-state index is -0.932. The minimum absolute atomic E-state index is 0.626.